The largest absolute Gasteiger partial charge is 0.398 e. The van der Waals surface area contributed by atoms with E-state index in [9.17, 15) is 13.5 Å². The average Bonchev–Trinajstić information content (AvgIpc) is 2.39. The fraction of sp³-hybridized carbons (Fsp3) is 0.538. The van der Waals surface area contributed by atoms with Crippen molar-refractivity contribution in [2.75, 3.05) is 23.8 Å². The van der Waals surface area contributed by atoms with Crippen molar-refractivity contribution in [1.82, 2.24) is 4.72 Å². The van der Waals surface area contributed by atoms with E-state index >= 15 is 0 Å². The molecule has 1 aromatic rings. The van der Waals surface area contributed by atoms with Crippen molar-refractivity contribution >= 4 is 27.5 Å². The van der Waals surface area contributed by atoms with Gasteiger partial charge >= 0.3 is 0 Å². The molecule has 0 spiro atoms. The van der Waals surface area contributed by atoms with Crippen LogP contribution in [-0.2, 0) is 10.0 Å². The number of nitrogens with two attached hydrogens (primary N) is 1. The van der Waals surface area contributed by atoms with Gasteiger partial charge in [-0.2, -0.15) is 0 Å². The van der Waals surface area contributed by atoms with Gasteiger partial charge in [-0.25, -0.2) is 13.1 Å². The normalized spacial score (nSPS) is 14.9. The molecule has 20 heavy (non-hydrogen) atoms. The minimum Gasteiger partial charge on any atom is -0.398 e. The van der Waals surface area contributed by atoms with Crippen LogP contribution >= 0.6 is 11.8 Å². The fourth-order valence-corrected chi connectivity index (χ4v) is 3.85. The maximum Gasteiger partial charge on any atom is 0.212 e. The Morgan fingerprint density at radius 1 is 1.40 bits per heavy atom. The van der Waals surface area contributed by atoms with Crippen molar-refractivity contribution in [2.45, 2.75) is 30.8 Å². The lowest BCUT2D eigenvalue weighted by molar-refractivity contribution is 0.0614. The van der Waals surface area contributed by atoms with E-state index in [-0.39, 0.29) is 12.3 Å². The first kappa shape index (κ1) is 17.3. The first-order valence-corrected chi connectivity index (χ1v) is 9.06. The Bertz CT molecular complexity index is 530. The number of sulfonamides is 1. The Morgan fingerprint density at radius 2 is 2.05 bits per heavy atom. The van der Waals surface area contributed by atoms with Gasteiger partial charge in [-0.05, 0) is 25.5 Å². The van der Waals surface area contributed by atoms with E-state index in [0.29, 0.717) is 17.9 Å². The number of benzene rings is 1. The Balaban J connectivity index is 2.43. The zero-order valence-electron chi connectivity index (χ0n) is 11.8. The van der Waals surface area contributed by atoms with Gasteiger partial charge in [0.15, 0.2) is 0 Å². The number of anilines is 1. The molecule has 114 valence electrons. The zero-order chi connectivity index (χ0) is 15.2. The second kappa shape index (κ2) is 7.31. The van der Waals surface area contributed by atoms with E-state index < -0.39 is 15.6 Å². The van der Waals surface area contributed by atoms with E-state index in [1.54, 1.807) is 13.0 Å². The number of rotatable bonds is 8. The highest BCUT2D eigenvalue weighted by Crippen LogP contribution is 2.24. The van der Waals surface area contributed by atoms with Gasteiger partial charge in [-0.1, -0.05) is 19.1 Å². The van der Waals surface area contributed by atoms with E-state index in [2.05, 4.69) is 4.72 Å². The highest BCUT2D eigenvalue weighted by Gasteiger charge is 2.21. The minimum absolute atomic E-state index is 0.00814. The molecule has 1 unspecified atom stereocenters. The Morgan fingerprint density at radius 3 is 2.65 bits per heavy atom. The number of thioether (sulfide) groups is 1. The molecule has 4 N–H and O–H groups in total. The third kappa shape index (κ3) is 6.13. The summed E-state index contributed by atoms with van der Waals surface area (Å²) in [4.78, 5) is 0.878. The van der Waals surface area contributed by atoms with Gasteiger partial charge in [0.05, 0.1) is 11.4 Å². The molecule has 5 nitrogen and oxygen atoms in total. The topological polar surface area (TPSA) is 92.4 Å². The van der Waals surface area contributed by atoms with Crippen LogP contribution in [0.3, 0.4) is 0 Å². The average molecular weight is 318 g/mol. The minimum atomic E-state index is -3.38. The molecule has 0 fully saturated rings. The summed E-state index contributed by atoms with van der Waals surface area (Å²) in [6.45, 7) is 3.45. The van der Waals surface area contributed by atoms with Crippen LogP contribution in [-0.4, -0.2) is 37.2 Å². The quantitative estimate of drug-likeness (QED) is 0.498. The van der Waals surface area contributed by atoms with Crippen molar-refractivity contribution in [2.24, 2.45) is 0 Å². The van der Waals surface area contributed by atoms with Gasteiger partial charge < -0.3 is 10.8 Å². The summed E-state index contributed by atoms with van der Waals surface area (Å²) < 4.78 is 26.0. The van der Waals surface area contributed by atoms with Gasteiger partial charge in [-0.15, -0.1) is 11.8 Å². The van der Waals surface area contributed by atoms with Gasteiger partial charge in [0.1, 0.15) is 0 Å². The van der Waals surface area contributed by atoms with Crippen molar-refractivity contribution in [1.29, 1.82) is 0 Å². The summed E-state index contributed by atoms with van der Waals surface area (Å²) in [6, 6.07) is 7.35. The standard InChI is InChI=1S/C13H22N2O3S2/c1-3-13(2,16)10-15-20(17,18)9-8-19-12-7-5-4-6-11(12)14/h4-7,15-16H,3,8-10,14H2,1-2H3. The Kier molecular flexibility index (Phi) is 6.32. The monoisotopic (exact) mass is 318 g/mol. The first-order valence-electron chi connectivity index (χ1n) is 6.43. The third-order valence-electron chi connectivity index (χ3n) is 2.96. The Hall–Kier alpha value is -0.760. The van der Waals surface area contributed by atoms with Crippen LogP contribution in [0.4, 0.5) is 5.69 Å². The molecule has 1 rings (SSSR count). The lowest BCUT2D eigenvalue weighted by Crippen LogP contribution is -2.41. The molecule has 0 amide bonds. The molecule has 7 heteroatoms. The maximum atomic E-state index is 11.8. The highest BCUT2D eigenvalue weighted by molar-refractivity contribution is 8.00. The first-order chi connectivity index (χ1) is 9.26. The highest BCUT2D eigenvalue weighted by atomic mass is 32.2. The van der Waals surface area contributed by atoms with Crippen LogP contribution in [0.25, 0.3) is 0 Å². The SMILES string of the molecule is CCC(C)(O)CNS(=O)(=O)CCSc1ccccc1N. The predicted octanol–water partition coefficient (Wildman–Crippen LogP) is 1.44. The molecule has 1 aromatic carbocycles. The van der Waals surface area contributed by atoms with Crippen LogP contribution in [0.5, 0.6) is 0 Å². The van der Waals surface area contributed by atoms with Crippen molar-refractivity contribution in [3.63, 3.8) is 0 Å². The van der Waals surface area contributed by atoms with Crippen LogP contribution in [0, 0.1) is 0 Å². The predicted molar refractivity (Wildman–Crippen MR) is 84.3 cm³/mol. The number of para-hydroxylation sites is 1. The summed E-state index contributed by atoms with van der Waals surface area (Å²) in [5, 5.41) is 9.78. The molecule has 0 aliphatic rings. The van der Waals surface area contributed by atoms with Crippen LogP contribution < -0.4 is 10.5 Å². The van der Waals surface area contributed by atoms with Gasteiger partial charge in [0.2, 0.25) is 10.0 Å². The zero-order valence-corrected chi connectivity index (χ0v) is 13.4. The summed E-state index contributed by atoms with van der Waals surface area (Å²) in [5.41, 5.74) is 5.43. The molecular formula is C13H22N2O3S2. The van der Waals surface area contributed by atoms with Gasteiger partial charge in [0, 0.05) is 22.9 Å². The molecule has 0 radical (unpaired) electrons. The van der Waals surface area contributed by atoms with Gasteiger partial charge in [-0.3, -0.25) is 0 Å². The van der Waals surface area contributed by atoms with Crippen LogP contribution in [0.2, 0.25) is 0 Å². The molecule has 0 heterocycles. The van der Waals surface area contributed by atoms with Crippen LogP contribution in [0.1, 0.15) is 20.3 Å². The van der Waals surface area contributed by atoms with Crippen molar-refractivity contribution < 1.29 is 13.5 Å². The number of hydrogen-bond donors (Lipinski definition) is 3. The van der Waals surface area contributed by atoms with Gasteiger partial charge in [0.25, 0.3) is 0 Å². The summed E-state index contributed by atoms with van der Waals surface area (Å²) >= 11 is 1.41. The van der Waals surface area contributed by atoms with Crippen molar-refractivity contribution in [3.05, 3.63) is 24.3 Å². The molecular weight excluding hydrogens is 296 g/mol. The lowest BCUT2D eigenvalue weighted by atomic mass is 10.1. The molecule has 0 aliphatic heterocycles. The van der Waals surface area contributed by atoms with E-state index in [0.717, 1.165) is 4.90 Å². The second-order valence-corrected chi connectivity index (χ2v) is 7.94. The number of aliphatic hydroxyl groups is 1. The summed E-state index contributed by atoms with van der Waals surface area (Å²) in [7, 11) is -3.38. The molecule has 0 saturated heterocycles. The lowest BCUT2D eigenvalue weighted by Gasteiger charge is -2.21. The third-order valence-corrected chi connectivity index (χ3v) is 5.64. The number of hydrogen-bond acceptors (Lipinski definition) is 5. The van der Waals surface area contributed by atoms with Crippen molar-refractivity contribution in [3.8, 4) is 0 Å². The number of nitrogens with one attached hydrogen (secondary N) is 1. The van der Waals surface area contributed by atoms with E-state index in [1.165, 1.54) is 11.8 Å². The molecule has 0 aromatic heterocycles. The van der Waals surface area contributed by atoms with Crippen LogP contribution in [0.15, 0.2) is 29.2 Å². The molecule has 1 atom stereocenters. The number of nitrogen functional groups attached to an aromatic ring is 1. The molecule has 0 saturated carbocycles. The Labute approximate surface area is 125 Å². The second-order valence-electron chi connectivity index (χ2n) is 4.88. The summed E-state index contributed by atoms with van der Waals surface area (Å²) in [5.74, 6) is 0.406. The molecule has 0 bridgehead atoms. The summed E-state index contributed by atoms with van der Waals surface area (Å²) in [6.07, 6.45) is 0.491. The van der Waals surface area contributed by atoms with E-state index in [1.807, 2.05) is 25.1 Å². The fourth-order valence-electron chi connectivity index (χ4n) is 1.34. The smallest absolute Gasteiger partial charge is 0.212 e. The molecule has 0 aliphatic carbocycles. The maximum absolute atomic E-state index is 11.8. The van der Waals surface area contributed by atoms with E-state index in [4.69, 9.17) is 5.73 Å².